The molecule has 0 spiro atoms. The number of esters is 2. The molecule has 0 aromatic rings. The number of methoxy groups -OCH3 is 2. The summed E-state index contributed by atoms with van der Waals surface area (Å²) >= 11 is 0. The Morgan fingerprint density at radius 1 is 0.441 bits per heavy atom. The molecule has 1 N–H and O–H groups in total. The van der Waals surface area contributed by atoms with Crippen molar-refractivity contribution in [2.24, 2.45) is 0 Å². The van der Waals surface area contributed by atoms with E-state index in [4.69, 9.17) is 76.2 Å². The molecule has 18 nitrogen and oxygen atoms in total. The molecule has 0 fully saturated rings. The second-order valence-electron chi connectivity index (χ2n) is 13.5. The van der Waals surface area contributed by atoms with Crippen molar-refractivity contribution in [3.8, 4) is 0 Å². The summed E-state index contributed by atoms with van der Waals surface area (Å²) in [4.78, 5) is 22.0. The van der Waals surface area contributed by atoms with E-state index in [1.165, 1.54) is 0 Å². The van der Waals surface area contributed by atoms with Crippen molar-refractivity contribution in [2.75, 3.05) is 179 Å². The Morgan fingerprint density at radius 3 is 0.881 bits per heavy atom. The van der Waals surface area contributed by atoms with Crippen LogP contribution in [0.1, 0.15) is 49.4 Å². The van der Waals surface area contributed by atoms with E-state index >= 15 is 0 Å². The van der Waals surface area contributed by atoms with Gasteiger partial charge < -0.3 is 77.6 Å². The van der Waals surface area contributed by atoms with Gasteiger partial charge in [-0.3, -0.25) is 4.79 Å². The Hall–Kier alpha value is -0.880. The molecule has 0 atom stereocenters. The van der Waals surface area contributed by atoms with Gasteiger partial charge in [-0.2, -0.15) is 0 Å². The van der Waals surface area contributed by atoms with Crippen LogP contribution < -0.4 is 29.6 Å². The molecule has 0 aliphatic carbocycles. The zero-order valence-electron chi connectivity index (χ0n) is 39.1. The van der Waals surface area contributed by atoms with Crippen molar-refractivity contribution in [2.45, 2.75) is 59.2 Å². The number of ether oxygens (including phenoxy) is 15. The molecule has 0 aliphatic heterocycles. The Bertz CT molecular complexity index is 847. The molecule has 0 rings (SSSR count). The van der Waals surface area contributed by atoms with Crippen LogP contribution in [0.25, 0.3) is 0 Å². The summed E-state index contributed by atoms with van der Waals surface area (Å²) in [7, 11) is 3.28. The number of hydrogen-bond donors (Lipinski definition) is 1. The standard InChI is InChI=1S/C20H40O9.C13H28O7.C7H12O2.Na.H/c1-20(2,3)29-19(21)5-6-23-9-10-25-13-14-27-17-18-28-16-15-26-12-11-24-8-7-22-4;1-15-4-5-17-8-9-19-12-13-20-11-10-18-7-6-16-3-2-14;1-5-6(8)9-7(2,3)4;;/h5-18H2,1-4H3;14H,2-13H2,1H3;5H,1H2,2-4H3;;/q;;;+1;-1. The predicted octanol–water partition coefficient (Wildman–Crippen LogP) is -0.197. The minimum atomic E-state index is -0.460. The molecule has 0 radical (unpaired) electrons. The van der Waals surface area contributed by atoms with Crippen molar-refractivity contribution in [3.63, 3.8) is 0 Å². The first-order valence-electron chi connectivity index (χ1n) is 19.8. The molecule has 0 aromatic carbocycles. The molecular weight excluding hydrogens is 791 g/mol. The monoisotopic (exact) mass is 873 g/mol. The first-order chi connectivity index (χ1) is 27.8. The Labute approximate surface area is 378 Å². The number of carbonyl (C=O) groups excluding carboxylic acids is 2. The third kappa shape index (κ3) is 69.1. The molecule has 19 heteroatoms. The van der Waals surface area contributed by atoms with E-state index in [1.54, 1.807) is 14.2 Å². The normalized spacial score (nSPS) is 11.1. The Morgan fingerprint density at radius 2 is 0.678 bits per heavy atom. The SMILES string of the molecule is C=CC(=O)OC(C)(C)C.COCCOCCOCCOCCOCCOCCO.COCCOCCOCCOCCOCCOCCOCCC(=O)OC(C)(C)C.[H-].[Na+]. The van der Waals surface area contributed by atoms with Crippen molar-refractivity contribution in [3.05, 3.63) is 12.7 Å². The van der Waals surface area contributed by atoms with Crippen LogP contribution >= 0.6 is 0 Å². The molecule has 0 amide bonds. The summed E-state index contributed by atoms with van der Waals surface area (Å²) < 4.78 is 78.0. The molecule has 0 unspecified atom stereocenters. The third-order valence-corrected chi connectivity index (χ3v) is 5.89. The zero-order chi connectivity index (χ0) is 43.9. The first-order valence-corrected chi connectivity index (χ1v) is 19.8. The van der Waals surface area contributed by atoms with Gasteiger partial charge in [0.2, 0.25) is 0 Å². The van der Waals surface area contributed by atoms with Crippen molar-refractivity contribution < 1.29 is 117 Å². The minimum Gasteiger partial charge on any atom is -1.00 e. The molecule has 0 saturated carbocycles. The number of aliphatic hydroxyl groups excluding tert-OH is 1. The summed E-state index contributed by atoms with van der Waals surface area (Å²) in [5.41, 5.74) is -0.857. The molecule has 350 valence electrons. The van der Waals surface area contributed by atoms with Crippen LogP contribution in [-0.2, 0) is 80.6 Å². The van der Waals surface area contributed by atoms with Crippen LogP contribution in [0.3, 0.4) is 0 Å². The fourth-order valence-corrected chi connectivity index (χ4v) is 3.42. The van der Waals surface area contributed by atoms with Gasteiger partial charge in [0.15, 0.2) is 0 Å². The summed E-state index contributed by atoms with van der Waals surface area (Å²) in [5, 5.41) is 8.47. The maximum absolute atomic E-state index is 11.5. The first kappa shape index (κ1) is 64.7. The largest absolute Gasteiger partial charge is 1.00 e. The van der Waals surface area contributed by atoms with Crippen LogP contribution in [0.15, 0.2) is 12.7 Å². The van der Waals surface area contributed by atoms with Gasteiger partial charge in [-0.25, -0.2) is 4.79 Å². The van der Waals surface area contributed by atoms with E-state index in [-0.39, 0.29) is 56.0 Å². The smallest absolute Gasteiger partial charge is 1.00 e. The second-order valence-corrected chi connectivity index (χ2v) is 13.5. The molecule has 59 heavy (non-hydrogen) atoms. The van der Waals surface area contributed by atoms with Crippen molar-refractivity contribution in [1.82, 2.24) is 0 Å². The fraction of sp³-hybridized carbons (Fsp3) is 0.900. The summed E-state index contributed by atoms with van der Waals surface area (Å²) in [5.74, 6) is -0.630. The Kier molecular flexibility index (Phi) is 56.5. The number of rotatable bonds is 39. The van der Waals surface area contributed by atoms with Gasteiger partial charge in [0.05, 0.1) is 172 Å². The summed E-state index contributed by atoms with van der Waals surface area (Å²) in [6.45, 7) is 26.7. The van der Waals surface area contributed by atoms with Crippen LogP contribution in [-0.4, -0.2) is 208 Å². The molecule has 0 bridgehead atoms. The minimum absolute atomic E-state index is 0. The maximum atomic E-state index is 11.5. The predicted molar refractivity (Wildman–Crippen MR) is 217 cm³/mol. The second kappa shape index (κ2) is 51.5. The number of carbonyl (C=O) groups is 2. The van der Waals surface area contributed by atoms with Crippen LogP contribution in [0, 0.1) is 0 Å². The molecule has 0 heterocycles. The summed E-state index contributed by atoms with van der Waals surface area (Å²) in [6.07, 6.45) is 1.40. The van der Waals surface area contributed by atoms with Gasteiger partial charge in [-0.15, -0.1) is 0 Å². The van der Waals surface area contributed by atoms with E-state index < -0.39 is 11.2 Å². The van der Waals surface area contributed by atoms with Gasteiger partial charge in [-0.05, 0) is 41.5 Å². The van der Waals surface area contributed by atoms with E-state index in [1.807, 2.05) is 41.5 Å². The van der Waals surface area contributed by atoms with Gasteiger partial charge >= 0.3 is 41.5 Å². The third-order valence-electron chi connectivity index (χ3n) is 5.89. The topological polar surface area (TPSA) is 193 Å². The maximum Gasteiger partial charge on any atom is 1.00 e. The fourth-order valence-electron chi connectivity index (χ4n) is 3.42. The molecule has 0 saturated heterocycles. The van der Waals surface area contributed by atoms with Gasteiger partial charge in [0, 0.05) is 20.3 Å². The zero-order valence-corrected chi connectivity index (χ0v) is 40.1. The van der Waals surface area contributed by atoms with Crippen LogP contribution in [0.4, 0.5) is 0 Å². The van der Waals surface area contributed by atoms with E-state index in [0.717, 1.165) is 6.08 Å². The van der Waals surface area contributed by atoms with E-state index in [2.05, 4.69) is 6.58 Å². The van der Waals surface area contributed by atoms with Crippen LogP contribution in [0.5, 0.6) is 0 Å². The van der Waals surface area contributed by atoms with Crippen molar-refractivity contribution in [1.29, 1.82) is 0 Å². The molecule has 0 aliphatic rings. The van der Waals surface area contributed by atoms with Gasteiger partial charge in [-0.1, -0.05) is 6.58 Å². The van der Waals surface area contributed by atoms with E-state index in [0.29, 0.717) is 159 Å². The number of aliphatic hydroxyl groups is 1. The van der Waals surface area contributed by atoms with Crippen molar-refractivity contribution >= 4 is 11.9 Å². The van der Waals surface area contributed by atoms with Gasteiger partial charge in [0.1, 0.15) is 11.2 Å². The average molecular weight is 873 g/mol. The summed E-state index contributed by atoms with van der Waals surface area (Å²) in [6, 6.07) is 0. The average Bonchev–Trinajstić information content (AvgIpc) is 3.16. The number of hydrogen-bond acceptors (Lipinski definition) is 18. The molecular formula is C40H81NaO18. The molecule has 0 aromatic heterocycles. The Balaban J connectivity index is -0.000000281. The quantitative estimate of drug-likeness (QED) is 0.0369. The van der Waals surface area contributed by atoms with Gasteiger partial charge in [0.25, 0.3) is 0 Å². The van der Waals surface area contributed by atoms with Crippen LogP contribution in [0.2, 0.25) is 0 Å². The van der Waals surface area contributed by atoms with E-state index in [9.17, 15) is 9.59 Å².